The molecule has 0 aliphatic carbocycles. The van der Waals surface area contributed by atoms with Crippen LogP contribution in [0.25, 0.3) is 11.1 Å². The summed E-state index contributed by atoms with van der Waals surface area (Å²) in [5.41, 5.74) is 7.96. The smallest absolute Gasteiger partial charge is 0.288 e. The number of thioether (sulfide) groups is 1. The molecule has 2 aromatic carbocycles. The summed E-state index contributed by atoms with van der Waals surface area (Å²) in [5.74, 6) is -2.40. The zero-order valence-corrected chi connectivity index (χ0v) is 10.8. The number of rotatable bonds is 3. The van der Waals surface area contributed by atoms with E-state index in [1.165, 1.54) is 0 Å². The molecule has 5 heteroatoms. The standard InChI is InChI=1S/C13H10ClF2NS/c14-11-7-9(3-6-12(11)17)8-1-4-10(5-2-8)18-13(15)16/h1-7,13H,17H2. The third kappa shape index (κ3) is 3.15. The number of anilines is 1. The summed E-state index contributed by atoms with van der Waals surface area (Å²) in [6, 6.07) is 12.2. The zero-order valence-electron chi connectivity index (χ0n) is 9.24. The number of nitrogen functional groups attached to an aromatic ring is 1. The van der Waals surface area contributed by atoms with Gasteiger partial charge >= 0.3 is 0 Å². The van der Waals surface area contributed by atoms with Crippen LogP contribution in [0, 0.1) is 0 Å². The SMILES string of the molecule is Nc1ccc(-c2ccc(SC(F)F)cc2)cc1Cl. The molecule has 0 radical (unpaired) electrons. The Morgan fingerprint density at radius 3 is 2.17 bits per heavy atom. The van der Waals surface area contributed by atoms with Crippen LogP contribution in [0.15, 0.2) is 47.4 Å². The van der Waals surface area contributed by atoms with E-state index in [1.807, 2.05) is 6.07 Å². The van der Waals surface area contributed by atoms with Crippen LogP contribution in [-0.2, 0) is 0 Å². The molecule has 0 fully saturated rings. The second-order valence-corrected chi connectivity index (χ2v) is 5.11. The highest BCUT2D eigenvalue weighted by Crippen LogP contribution is 2.30. The average Bonchev–Trinajstić information content (AvgIpc) is 2.33. The van der Waals surface area contributed by atoms with E-state index in [0.717, 1.165) is 11.1 Å². The topological polar surface area (TPSA) is 26.0 Å². The van der Waals surface area contributed by atoms with Crippen LogP contribution in [0.2, 0.25) is 5.02 Å². The quantitative estimate of drug-likeness (QED) is 0.641. The van der Waals surface area contributed by atoms with Crippen molar-refractivity contribution in [2.24, 2.45) is 0 Å². The normalized spacial score (nSPS) is 10.9. The van der Waals surface area contributed by atoms with Gasteiger partial charge in [0.15, 0.2) is 0 Å². The van der Waals surface area contributed by atoms with Crippen LogP contribution >= 0.6 is 23.4 Å². The summed E-state index contributed by atoms with van der Waals surface area (Å²) < 4.78 is 24.3. The molecule has 0 unspecified atom stereocenters. The Bertz CT molecular complexity index is 543. The molecular formula is C13H10ClF2NS. The monoisotopic (exact) mass is 285 g/mol. The largest absolute Gasteiger partial charge is 0.398 e. The second kappa shape index (κ2) is 5.59. The fourth-order valence-electron chi connectivity index (χ4n) is 1.54. The number of hydrogen-bond acceptors (Lipinski definition) is 2. The molecule has 0 saturated heterocycles. The van der Waals surface area contributed by atoms with E-state index in [9.17, 15) is 8.78 Å². The minimum Gasteiger partial charge on any atom is -0.398 e. The van der Waals surface area contributed by atoms with Crippen molar-refractivity contribution < 1.29 is 8.78 Å². The Balaban J connectivity index is 2.25. The van der Waals surface area contributed by atoms with Crippen LogP contribution in [0.5, 0.6) is 0 Å². The van der Waals surface area contributed by atoms with Gasteiger partial charge in [-0.05, 0) is 35.4 Å². The lowest BCUT2D eigenvalue weighted by Crippen LogP contribution is -1.87. The highest BCUT2D eigenvalue weighted by molar-refractivity contribution is 7.99. The van der Waals surface area contributed by atoms with Crippen molar-refractivity contribution in [1.29, 1.82) is 0 Å². The Hall–Kier alpha value is -1.26. The minimum atomic E-state index is -2.40. The maximum atomic E-state index is 12.2. The van der Waals surface area contributed by atoms with E-state index < -0.39 is 5.76 Å². The first-order valence-electron chi connectivity index (χ1n) is 5.16. The van der Waals surface area contributed by atoms with Crippen molar-refractivity contribution in [3.05, 3.63) is 47.5 Å². The molecule has 94 valence electrons. The van der Waals surface area contributed by atoms with E-state index in [1.54, 1.807) is 36.4 Å². The van der Waals surface area contributed by atoms with Crippen LogP contribution in [-0.4, -0.2) is 5.76 Å². The first-order valence-corrected chi connectivity index (χ1v) is 6.42. The Morgan fingerprint density at radius 1 is 1.00 bits per heavy atom. The molecule has 0 atom stereocenters. The number of nitrogens with two attached hydrogens (primary N) is 1. The molecule has 1 nitrogen and oxygen atoms in total. The highest BCUT2D eigenvalue weighted by Gasteiger charge is 2.06. The van der Waals surface area contributed by atoms with Gasteiger partial charge in [0.1, 0.15) is 0 Å². The van der Waals surface area contributed by atoms with Crippen molar-refractivity contribution >= 4 is 29.1 Å². The Kier molecular flexibility index (Phi) is 4.09. The molecule has 0 aliphatic heterocycles. The van der Waals surface area contributed by atoms with E-state index in [0.29, 0.717) is 27.4 Å². The van der Waals surface area contributed by atoms with Crippen molar-refractivity contribution in [3.63, 3.8) is 0 Å². The highest BCUT2D eigenvalue weighted by atomic mass is 35.5. The number of benzene rings is 2. The Labute approximate surface area is 113 Å². The molecule has 0 aromatic heterocycles. The minimum absolute atomic E-state index is 0.485. The molecule has 18 heavy (non-hydrogen) atoms. The van der Waals surface area contributed by atoms with Gasteiger partial charge in [-0.15, -0.1) is 0 Å². The van der Waals surface area contributed by atoms with E-state index in [-0.39, 0.29) is 0 Å². The van der Waals surface area contributed by atoms with Gasteiger partial charge < -0.3 is 5.73 Å². The summed E-state index contributed by atoms with van der Waals surface area (Å²) in [6.07, 6.45) is 0. The molecule has 0 spiro atoms. The molecule has 0 amide bonds. The lowest BCUT2D eigenvalue weighted by molar-refractivity contribution is 0.252. The van der Waals surface area contributed by atoms with Gasteiger partial charge in [0.2, 0.25) is 0 Å². The molecule has 0 heterocycles. The maximum Gasteiger partial charge on any atom is 0.288 e. The fourth-order valence-corrected chi connectivity index (χ4v) is 2.22. The summed E-state index contributed by atoms with van der Waals surface area (Å²) >= 11 is 6.46. The van der Waals surface area contributed by atoms with Crippen molar-refractivity contribution in [3.8, 4) is 11.1 Å². The number of hydrogen-bond donors (Lipinski definition) is 1. The van der Waals surface area contributed by atoms with Gasteiger partial charge in [-0.1, -0.05) is 41.6 Å². The third-order valence-electron chi connectivity index (χ3n) is 2.41. The molecule has 0 bridgehead atoms. The van der Waals surface area contributed by atoms with Gasteiger partial charge in [0.05, 0.1) is 10.7 Å². The molecule has 2 aromatic rings. The lowest BCUT2D eigenvalue weighted by atomic mass is 10.1. The average molecular weight is 286 g/mol. The van der Waals surface area contributed by atoms with Crippen LogP contribution < -0.4 is 5.73 Å². The van der Waals surface area contributed by atoms with Crippen LogP contribution in [0.1, 0.15) is 0 Å². The summed E-state index contributed by atoms with van der Waals surface area (Å²) in [4.78, 5) is 0.537. The number of halogens is 3. The molecular weight excluding hydrogens is 276 g/mol. The lowest BCUT2D eigenvalue weighted by Gasteiger charge is -2.05. The van der Waals surface area contributed by atoms with Gasteiger partial charge in [0, 0.05) is 4.90 Å². The van der Waals surface area contributed by atoms with Crippen LogP contribution in [0.3, 0.4) is 0 Å². The first kappa shape index (κ1) is 13.2. The number of alkyl halides is 2. The molecule has 0 aliphatic rings. The van der Waals surface area contributed by atoms with Crippen molar-refractivity contribution in [1.82, 2.24) is 0 Å². The summed E-state index contributed by atoms with van der Waals surface area (Å²) in [5, 5.41) is 0.485. The van der Waals surface area contributed by atoms with Crippen LogP contribution in [0.4, 0.5) is 14.5 Å². The predicted molar refractivity (Wildman–Crippen MR) is 73.2 cm³/mol. The van der Waals surface area contributed by atoms with E-state index in [2.05, 4.69) is 0 Å². The van der Waals surface area contributed by atoms with Crippen molar-refractivity contribution in [2.75, 3.05) is 5.73 Å². The zero-order chi connectivity index (χ0) is 13.1. The van der Waals surface area contributed by atoms with Gasteiger partial charge in [0.25, 0.3) is 5.76 Å². The van der Waals surface area contributed by atoms with E-state index in [4.69, 9.17) is 17.3 Å². The molecule has 0 saturated carbocycles. The maximum absolute atomic E-state index is 12.2. The fraction of sp³-hybridized carbons (Fsp3) is 0.0769. The first-order chi connectivity index (χ1) is 8.56. The molecule has 2 N–H and O–H groups in total. The Morgan fingerprint density at radius 2 is 1.61 bits per heavy atom. The summed E-state index contributed by atoms with van der Waals surface area (Å²) in [6.45, 7) is 0. The third-order valence-corrected chi connectivity index (χ3v) is 3.46. The van der Waals surface area contributed by atoms with Gasteiger partial charge in [-0.3, -0.25) is 0 Å². The van der Waals surface area contributed by atoms with Gasteiger partial charge in [-0.2, -0.15) is 8.78 Å². The van der Waals surface area contributed by atoms with Gasteiger partial charge in [-0.25, -0.2) is 0 Å². The predicted octanol–water partition coefficient (Wildman–Crippen LogP) is 4.90. The summed E-state index contributed by atoms with van der Waals surface area (Å²) in [7, 11) is 0. The van der Waals surface area contributed by atoms with E-state index >= 15 is 0 Å². The molecule has 2 rings (SSSR count). The second-order valence-electron chi connectivity index (χ2n) is 3.64. The van der Waals surface area contributed by atoms with Crippen molar-refractivity contribution in [2.45, 2.75) is 10.7 Å².